The molecule has 6 nitrogen and oxygen atoms in total. The first-order chi connectivity index (χ1) is 10.6. The molecular weight excluding hydrogens is 300 g/mol. The number of anilines is 1. The quantitative estimate of drug-likeness (QED) is 0.572. The molecule has 1 N–H and O–H groups in total. The van der Waals surface area contributed by atoms with Crippen LogP contribution in [0.1, 0.15) is 17.8 Å². The second-order valence-corrected chi connectivity index (χ2v) is 6.02. The number of para-hydroxylation sites is 1. The average Bonchev–Trinajstić information content (AvgIpc) is 2.97. The van der Waals surface area contributed by atoms with Crippen LogP contribution in [0, 0.1) is 10.1 Å². The summed E-state index contributed by atoms with van der Waals surface area (Å²) in [6, 6.07) is 11.1. The molecule has 0 amide bonds. The number of hydrogen-bond acceptors (Lipinski definition) is 6. The van der Waals surface area contributed by atoms with Gasteiger partial charge in [-0.1, -0.05) is 19.1 Å². The number of nitro groups is 1. The molecule has 0 fully saturated rings. The van der Waals surface area contributed by atoms with E-state index in [1.807, 2.05) is 18.2 Å². The molecule has 0 radical (unpaired) electrons. The molecule has 0 spiro atoms. The molecule has 2 heterocycles. The van der Waals surface area contributed by atoms with E-state index in [0.29, 0.717) is 12.4 Å². The highest BCUT2D eigenvalue weighted by Crippen LogP contribution is 2.27. The number of pyridine rings is 1. The van der Waals surface area contributed by atoms with Crippen LogP contribution >= 0.6 is 11.3 Å². The number of fused-ring (bicyclic) bond motifs is 1. The van der Waals surface area contributed by atoms with E-state index in [1.165, 1.54) is 17.0 Å². The van der Waals surface area contributed by atoms with Gasteiger partial charge in [0.25, 0.3) is 5.69 Å². The molecule has 0 aliphatic rings. The van der Waals surface area contributed by atoms with Crippen molar-refractivity contribution < 1.29 is 4.92 Å². The number of rotatable bonds is 5. The van der Waals surface area contributed by atoms with Crippen molar-refractivity contribution in [2.75, 3.05) is 11.9 Å². The van der Waals surface area contributed by atoms with Crippen LogP contribution in [0.15, 0.2) is 42.6 Å². The summed E-state index contributed by atoms with van der Waals surface area (Å²) < 4.78 is 1.18. The van der Waals surface area contributed by atoms with Gasteiger partial charge in [0.1, 0.15) is 12.0 Å². The second-order valence-electron chi connectivity index (χ2n) is 4.96. The van der Waals surface area contributed by atoms with Crippen LogP contribution in [0.3, 0.4) is 0 Å². The number of benzene rings is 1. The molecule has 7 heteroatoms. The summed E-state index contributed by atoms with van der Waals surface area (Å²) >= 11 is 1.69. The molecule has 112 valence electrons. The summed E-state index contributed by atoms with van der Waals surface area (Å²) in [4.78, 5) is 18.8. The Morgan fingerprint density at radius 2 is 2.14 bits per heavy atom. The van der Waals surface area contributed by atoms with Gasteiger partial charge in [-0.2, -0.15) is 0 Å². The lowest BCUT2D eigenvalue weighted by atomic mass is 10.2. The van der Waals surface area contributed by atoms with Gasteiger partial charge in [0, 0.05) is 18.5 Å². The van der Waals surface area contributed by atoms with E-state index >= 15 is 0 Å². The molecule has 3 aromatic rings. The Hall–Kier alpha value is -2.54. The Morgan fingerprint density at radius 3 is 2.82 bits per heavy atom. The topological polar surface area (TPSA) is 81.0 Å². The number of nitrogens with zero attached hydrogens (tertiary/aromatic N) is 3. The smallest absolute Gasteiger partial charge is 0.287 e. The van der Waals surface area contributed by atoms with E-state index in [1.54, 1.807) is 17.4 Å². The summed E-state index contributed by atoms with van der Waals surface area (Å²) in [6.07, 6.45) is 1.25. The van der Waals surface area contributed by atoms with Crippen molar-refractivity contribution in [3.63, 3.8) is 0 Å². The normalized spacial score (nSPS) is 12.2. The molecule has 22 heavy (non-hydrogen) atoms. The third-order valence-electron chi connectivity index (χ3n) is 3.28. The van der Waals surface area contributed by atoms with E-state index in [9.17, 15) is 10.1 Å². The van der Waals surface area contributed by atoms with Crippen LogP contribution in [0.5, 0.6) is 0 Å². The van der Waals surface area contributed by atoms with E-state index in [2.05, 4.69) is 28.3 Å². The number of hydrogen-bond donors (Lipinski definition) is 1. The molecule has 0 aliphatic heterocycles. The van der Waals surface area contributed by atoms with Crippen LogP contribution in [-0.4, -0.2) is 21.4 Å². The molecule has 1 unspecified atom stereocenters. The first-order valence-corrected chi connectivity index (χ1v) is 7.65. The lowest BCUT2D eigenvalue weighted by molar-refractivity contribution is -0.385. The zero-order valence-electron chi connectivity index (χ0n) is 11.9. The maximum absolute atomic E-state index is 10.6. The summed E-state index contributed by atoms with van der Waals surface area (Å²) in [5.41, 5.74) is 1.01. The minimum atomic E-state index is -0.458. The third-order valence-corrected chi connectivity index (χ3v) is 4.55. The van der Waals surface area contributed by atoms with Gasteiger partial charge in [-0.3, -0.25) is 10.1 Å². The van der Waals surface area contributed by atoms with Gasteiger partial charge in [0.15, 0.2) is 0 Å². The van der Waals surface area contributed by atoms with Gasteiger partial charge in [0.2, 0.25) is 0 Å². The van der Waals surface area contributed by atoms with Gasteiger partial charge in [-0.05, 0) is 18.2 Å². The largest absolute Gasteiger partial charge is 0.369 e. The zero-order valence-corrected chi connectivity index (χ0v) is 12.7. The van der Waals surface area contributed by atoms with Crippen molar-refractivity contribution in [2.45, 2.75) is 12.8 Å². The van der Waals surface area contributed by atoms with E-state index < -0.39 is 4.92 Å². The molecular formula is C15H14N4O2S. The van der Waals surface area contributed by atoms with E-state index in [0.717, 1.165) is 10.5 Å². The average molecular weight is 314 g/mol. The van der Waals surface area contributed by atoms with Crippen molar-refractivity contribution >= 4 is 33.1 Å². The third kappa shape index (κ3) is 3.04. The Bertz CT molecular complexity index is 768. The highest BCUT2D eigenvalue weighted by molar-refractivity contribution is 7.18. The molecule has 0 saturated heterocycles. The maximum Gasteiger partial charge on any atom is 0.287 e. The van der Waals surface area contributed by atoms with E-state index in [4.69, 9.17) is 0 Å². The zero-order chi connectivity index (χ0) is 15.5. The predicted molar refractivity (Wildman–Crippen MR) is 87.4 cm³/mol. The molecule has 1 aromatic carbocycles. The monoisotopic (exact) mass is 314 g/mol. The fourth-order valence-electron chi connectivity index (χ4n) is 2.04. The highest BCUT2D eigenvalue weighted by atomic mass is 32.1. The van der Waals surface area contributed by atoms with Crippen molar-refractivity contribution in [2.24, 2.45) is 0 Å². The first-order valence-electron chi connectivity index (χ1n) is 6.83. The van der Waals surface area contributed by atoms with Gasteiger partial charge < -0.3 is 5.32 Å². The maximum atomic E-state index is 10.6. The van der Waals surface area contributed by atoms with Crippen LogP contribution in [0.2, 0.25) is 0 Å². The van der Waals surface area contributed by atoms with Crippen molar-refractivity contribution in [3.8, 4) is 0 Å². The Kier molecular flexibility index (Phi) is 3.97. The number of nitrogens with one attached hydrogen (secondary N) is 1. The number of aromatic nitrogens is 2. The molecule has 3 rings (SSSR count). The van der Waals surface area contributed by atoms with Gasteiger partial charge in [-0.25, -0.2) is 9.97 Å². The Labute approximate surface area is 131 Å². The van der Waals surface area contributed by atoms with E-state index in [-0.39, 0.29) is 11.6 Å². The lowest BCUT2D eigenvalue weighted by Crippen LogP contribution is -2.10. The Balaban J connectivity index is 1.66. The molecule has 1 atom stereocenters. The fraction of sp³-hybridized carbons (Fsp3) is 0.200. The summed E-state index contributed by atoms with van der Waals surface area (Å²) in [5, 5.41) is 14.8. The van der Waals surface area contributed by atoms with Crippen LogP contribution in [-0.2, 0) is 0 Å². The van der Waals surface area contributed by atoms with Crippen LogP contribution in [0.4, 0.5) is 11.5 Å². The van der Waals surface area contributed by atoms with Gasteiger partial charge >= 0.3 is 0 Å². The lowest BCUT2D eigenvalue weighted by Gasteiger charge is -2.10. The van der Waals surface area contributed by atoms with Crippen molar-refractivity contribution in [1.29, 1.82) is 0 Å². The second kappa shape index (κ2) is 6.07. The van der Waals surface area contributed by atoms with Crippen molar-refractivity contribution in [3.05, 3.63) is 57.7 Å². The molecule has 0 bridgehead atoms. The molecule has 2 aromatic heterocycles. The minimum Gasteiger partial charge on any atom is -0.369 e. The fourth-order valence-corrected chi connectivity index (χ4v) is 3.06. The summed E-state index contributed by atoms with van der Waals surface area (Å²) in [7, 11) is 0. The number of thiazole rings is 1. The Morgan fingerprint density at radius 1 is 1.32 bits per heavy atom. The van der Waals surface area contributed by atoms with Gasteiger partial charge in [0.05, 0.1) is 20.1 Å². The SMILES string of the molecule is CC(CNc1ccc([N+](=O)[O-])cn1)c1nc2ccccc2s1. The van der Waals surface area contributed by atoms with Crippen molar-refractivity contribution in [1.82, 2.24) is 9.97 Å². The predicted octanol–water partition coefficient (Wildman–Crippen LogP) is 3.82. The van der Waals surface area contributed by atoms with Crippen LogP contribution in [0.25, 0.3) is 10.2 Å². The first kappa shape index (κ1) is 14.4. The van der Waals surface area contributed by atoms with Gasteiger partial charge in [-0.15, -0.1) is 11.3 Å². The standard InChI is InChI=1S/C15H14N4O2S/c1-10(15-18-12-4-2-3-5-13(12)22-15)8-16-14-7-6-11(9-17-14)19(20)21/h2-7,9-10H,8H2,1H3,(H,16,17). The molecule has 0 aliphatic carbocycles. The summed E-state index contributed by atoms with van der Waals surface area (Å²) in [6.45, 7) is 2.76. The summed E-state index contributed by atoms with van der Waals surface area (Å²) in [5.74, 6) is 0.855. The highest BCUT2D eigenvalue weighted by Gasteiger charge is 2.12. The minimum absolute atomic E-state index is 0.00947. The molecule has 0 saturated carbocycles. The van der Waals surface area contributed by atoms with Crippen LogP contribution < -0.4 is 5.32 Å².